The van der Waals surface area contributed by atoms with Gasteiger partial charge in [0.05, 0.1) is 6.10 Å². The molecular weight excluding hydrogens is 278 g/mol. The quantitative estimate of drug-likeness (QED) is 0.842. The van der Waals surface area contributed by atoms with E-state index in [1.54, 1.807) is 0 Å². The van der Waals surface area contributed by atoms with Gasteiger partial charge in [-0.3, -0.25) is 0 Å². The average Bonchev–Trinajstić information content (AvgIpc) is 2.29. The maximum Gasteiger partial charge on any atom is 0.0782 e. The third kappa shape index (κ3) is 2.90. The van der Waals surface area contributed by atoms with Gasteiger partial charge >= 0.3 is 0 Å². The first kappa shape index (κ1) is 12.7. The normalized spacial score (nSPS) is 17.9. The molecule has 1 heterocycles. The zero-order chi connectivity index (χ0) is 12.4. The lowest BCUT2D eigenvalue weighted by Gasteiger charge is -2.30. The van der Waals surface area contributed by atoms with Gasteiger partial charge in [-0.25, -0.2) is 0 Å². The monoisotopic (exact) mass is 295 g/mol. The molecular formula is C14H18BrNO. The second-order valence-electron chi connectivity index (χ2n) is 4.63. The number of nitrogens with zero attached hydrogens (tertiary/aromatic N) is 1. The smallest absolute Gasteiger partial charge is 0.0782 e. The Balaban J connectivity index is 2.33. The van der Waals surface area contributed by atoms with Crippen LogP contribution in [0.25, 0.3) is 0 Å². The van der Waals surface area contributed by atoms with Crippen molar-refractivity contribution in [1.82, 2.24) is 0 Å². The molecule has 1 aliphatic rings. The van der Waals surface area contributed by atoms with Crippen LogP contribution in [0.2, 0.25) is 0 Å². The number of aliphatic hydroxyl groups is 1. The van der Waals surface area contributed by atoms with E-state index < -0.39 is 6.10 Å². The molecule has 1 unspecified atom stereocenters. The van der Waals surface area contributed by atoms with Gasteiger partial charge in [-0.15, -0.1) is 0 Å². The van der Waals surface area contributed by atoms with Gasteiger partial charge in [-0.1, -0.05) is 33.6 Å². The highest BCUT2D eigenvalue weighted by Crippen LogP contribution is 2.31. The van der Waals surface area contributed by atoms with E-state index in [1.807, 2.05) is 19.1 Å². The number of rotatable bonds is 2. The largest absolute Gasteiger partial charge is 0.389 e. The molecule has 0 fully saturated rings. The van der Waals surface area contributed by atoms with Crippen molar-refractivity contribution in [3.63, 3.8) is 0 Å². The van der Waals surface area contributed by atoms with Crippen LogP contribution in [-0.4, -0.2) is 18.2 Å². The number of anilines is 1. The maximum absolute atomic E-state index is 9.82. The summed E-state index contributed by atoms with van der Waals surface area (Å²) < 4.78 is 1.06. The molecule has 17 heavy (non-hydrogen) atoms. The second-order valence-corrected chi connectivity index (χ2v) is 5.54. The predicted molar refractivity (Wildman–Crippen MR) is 75.4 cm³/mol. The lowest BCUT2D eigenvalue weighted by atomic mass is 10.0. The molecule has 0 saturated carbocycles. The molecule has 1 atom stereocenters. The highest BCUT2D eigenvalue weighted by molar-refractivity contribution is 9.10. The molecule has 0 radical (unpaired) electrons. The van der Waals surface area contributed by atoms with Gasteiger partial charge in [0.1, 0.15) is 0 Å². The number of benzene rings is 1. The standard InChI is InChI=1S/C14H18BrNO/c1-10-5-7-16(8-6-10)14-9-12(15)3-4-13(14)11(2)17/h3-5,9,11,17H,6-8H2,1-2H3. The van der Waals surface area contributed by atoms with E-state index in [0.29, 0.717) is 0 Å². The van der Waals surface area contributed by atoms with E-state index in [2.05, 4.69) is 39.9 Å². The topological polar surface area (TPSA) is 23.5 Å². The molecule has 2 nitrogen and oxygen atoms in total. The Morgan fingerprint density at radius 2 is 2.18 bits per heavy atom. The summed E-state index contributed by atoms with van der Waals surface area (Å²) >= 11 is 3.50. The van der Waals surface area contributed by atoms with Crippen LogP contribution in [0.3, 0.4) is 0 Å². The van der Waals surface area contributed by atoms with Crippen molar-refractivity contribution >= 4 is 21.6 Å². The number of halogens is 1. The molecule has 1 aliphatic heterocycles. The van der Waals surface area contributed by atoms with Crippen LogP contribution in [-0.2, 0) is 0 Å². The van der Waals surface area contributed by atoms with E-state index in [-0.39, 0.29) is 0 Å². The summed E-state index contributed by atoms with van der Waals surface area (Å²) in [7, 11) is 0. The maximum atomic E-state index is 9.82. The van der Waals surface area contributed by atoms with Crippen LogP contribution in [0.4, 0.5) is 5.69 Å². The first-order valence-corrected chi connectivity index (χ1v) is 6.75. The minimum Gasteiger partial charge on any atom is -0.389 e. The Morgan fingerprint density at radius 1 is 1.41 bits per heavy atom. The molecule has 92 valence electrons. The van der Waals surface area contributed by atoms with Crippen molar-refractivity contribution in [1.29, 1.82) is 0 Å². The third-order valence-corrected chi connectivity index (χ3v) is 3.71. The van der Waals surface area contributed by atoms with E-state index in [9.17, 15) is 5.11 Å². The fraction of sp³-hybridized carbons (Fsp3) is 0.429. The predicted octanol–water partition coefficient (Wildman–Crippen LogP) is 3.66. The molecule has 1 aromatic carbocycles. The van der Waals surface area contributed by atoms with Gasteiger partial charge in [-0.05, 0) is 32.4 Å². The molecule has 0 spiro atoms. The van der Waals surface area contributed by atoms with Crippen molar-refractivity contribution in [2.45, 2.75) is 26.4 Å². The molecule has 0 aliphatic carbocycles. The lowest BCUT2D eigenvalue weighted by Crippen LogP contribution is -2.29. The minimum absolute atomic E-state index is 0.426. The Labute approximate surface area is 111 Å². The van der Waals surface area contributed by atoms with Crippen LogP contribution in [0.15, 0.2) is 34.3 Å². The van der Waals surface area contributed by atoms with Crippen molar-refractivity contribution in [3.8, 4) is 0 Å². The fourth-order valence-electron chi connectivity index (χ4n) is 2.13. The van der Waals surface area contributed by atoms with Gasteiger partial charge in [0, 0.05) is 28.8 Å². The Hall–Kier alpha value is -0.800. The number of aliphatic hydroxyl groups excluding tert-OH is 1. The number of hydrogen-bond acceptors (Lipinski definition) is 2. The van der Waals surface area contributed by atoms with Crippen molar-refractivity contribution < 1.29 is 5.11 Å². The lowest BCUT2D eigenvalue weighted by molar-refractivity contribution is 0.199. The zero-order valence-electron chi connectivity index (χ0n) is 10.3. The molecule has 2 rings (SSSR count). The molecule has 0 aromatic heterocycles. The second kappa shape index (κ2) is 5.23. The van der Waals surface area contributed by atoms with Crippen LogP contribution >= 0.6 is 15.9 Å². The van der Waals surface area contributed by atoms with Crippen LogP contribution < -0.4 is 4.90 Å². The minimum atomic E-state index is -0.426. The van der Waals surface area contributed by atoms with Crippen molar-refractivity contribution in [2.75, 3.05) is 18.0 Å². The van der Waals surface area contributed by atoms with Gasteiger partial charge in [0.2, 0.25) is 0 Å². The van der Waals surface area contributed by atoms with Gasteiger partial charge in [-0.2, -0.15) is 0 Å². The van der Waals surface area contributed by atoms with E-state index in [1.165, 1.54) is 5.57 Å². The highest BCUT2D eigenvalue weighted by atomic mass is 79.9. The summed E-state index contributed by atoms with van der Waals surface area (Å²) in [5, 5.41) is 9.82. The Bertz CT molecular complexity index is 440. The summed E-state index contributed by atoms with van der Waals surface area (Å²) in [5.41, 5.74) is 3.59. The average molecular weight is 296 g/mol. The first-order chi connectivity index (χ1) is 8.08. The van der Waals surface area contributed by atoms with Gasteiger partial charge in [0.15, 0.2) is 0 Å². The molecule has 1 aromatic rings. The van der Waals surface area contributed by atoms with Gasteiger partial charge < -0.3 is 10.0 Å². The Morgan fingerprint density at radius 3 is 2.76 bits per heavy atom. The molecule has 0 bridgehead atoms. The van der Waals surface area contributed by atoms with Crippen molar-refractivity contribution in [2.24, 2.45) is 0 Å². The molecule has 0 amide bonds. The van der Waals surface area contributed by atoms with Gasteiger partial charge in [0.25, 0.3) is 0 Å². The molecule has 1 N–H and O–H groups in total. The van der Waals surface area contributed by atoms with E-state index in [4.69, 9.17) is 0 Å². The summed E-state index contributed by atoms with van der Waals surface area (Å²) in [6.07, 6.45) is 2.94. The van der Waals surface area contributed by atoms with Crippen molar-refractivity contribution in [3.05, 3.63) is 39.9 Å². The first-order valence-electron chi connectivity index (χ1n) is 5.96. The summed E-state index contributed by atoms with van der Waals surface area (Å²) in [5.74, 6) is 0. The molecule has 0 saturated heterocycles. The highest BCUT2D eigenvalue weighted by Gasteiger charge is 2.16. The number of hydrogen-bond donors (Lipinski definition) is 1. The third-order valence-electron chi connectivity index (χ3n) is 3.22. The van der Waals surface area contributed by atoms with E-state index in [0.717, 1.165) is 35.2 Å². The fourth-order valence-corrected chi connectivity index (χ4v) is 2.48. The zero-order valence-corrected chi connectivity index (χ0v) is 11.9. The summed E-state index contributed by atoms with van der Waals surface area (Å²) in [6, 6.07) is 6.07. The van der Waals surface area contributed by atoms with E-state index >= 15 is 0 Å². The molecule has 3 heteroatoms. The Kier molecular flexibility index (Phi) is 3.89. The van der Waals surface area contributed by atoms with Crippen LogP contribution in [0.1, 0.15) is 31.9 Å². The summed E-state index contributed by atoms with van der Waals surface area (Å²) in [6.45, 7) is 5.95. The summed E-state index contributed by atoms with van der Waals surface area (Å²) in [4.78, 5) is 2.32. The SMILES string of the molecule is CC1=CCN(c2cc(Br)ccc2C(C)O)CC1. The van der Waals surface area contributed by atoms with Crippen LogP contribution in [0.5, 0.6) is 0 Å². The van der Waals surface area contributed by atoms with Crippen LogP contribution in [0, 0.1) is 0 Å².